The molecule has 108 valence electrons. The number of hydrogen-bond acceptors (Lipinski definition) is 3. The highest BCUT2D eigenvalue weighted by Gasteiger charge is 2.31. The molecule has 7 heteroatoms. The fourth-order valence-corrected chi connectivity index (χ4v) is 2.27. The Hall–Kier alpha value is -1.82. The first-order valence-corrected chi connectivity index (χ1v) is 6.94. The molecule has 1 aromatic rings. The Morgan fingerprint density at radius 2 is 2.40 bits per heavy atom. The average Bonchev–Trinajstić information content (AvgIpc) is 2.75. The number of halogens is 1. The van der Waals surface area contributed by atoms with Gasteiger partial charge in [0.15, 0.2) is 0 Å². The van der Waals surface area contributed by atoms with Crippen LogP contribution in [0.15, 0.2) is 18.3 Å². The summed E-state index contributed by atoms with van der Waals surface area (Å²) in [6.45, 7) is 2.68. The van der Waals surface area contributed by atoms with Crippen molar-refractivity contribution >= 4 is 29.4 Å². The number of rotatable bonds is 5. The first kappa shape index (κ1) is 14.6. The smallest absolute Gasteiger partial charge is 0.318 e. The third-order valence-electron chi connectivity index (χ3n) is 3.12. The van der Waals surface area contributed by atoms with E-state index in [-0.39, 0.29) is 24.5 Å². The molecule has 0 aliphatic carbocycles. The lowest BCUT2D eigenvalue weighted by atomic mass is 10.1. The summed E-state index contributed by atoms with van der Waals surface area (Å²) in [6, 6.07) is 3.15. The Morgan fingerprint density at radius 1 is 1.60 bits per heavy atom. The number of anilines is 1. The molecule has 1 saturated heterocycles. The topological polar surface area (TPSA) is 74.3 Å². The van der Waals surface area contributed by atoms with E-state index in [0.717, 1.165) is 12.8 Å². The van der Waals surface area contributed by atoms with Crippen LogP contribution >= 0.6 is 11.6 Å². The van der Waals surface area contributed by atoms with E-state index < -0.39 is 0 Å². The first-order valence-electron chi connectivity index (χ1n) is 6.56. The van der Waals surface area contributed by atoms with E-state index in [4.69, 9.17) is 11.6 Å². The molecule has 3 amide bonds. The number of nitrogens with one attached hydrogen (secondary N) is 2. The zero-order valence-corrected chi connectivity index (χ0v) is 12.0. The molecule has 2 heterocycles. The molecule has 1 atom stereocenters. The van der Waals surface area contributed by atoms with Crippen molar-refractivity contribution < 1.29 is 9.59 Å². The molecule has 1 aliphatic rings. The highest BCUT2D eigenvalue weighted by Crippen LogP contribution is 2.13. The minimum Gasteiger partial charge on any atom is -0.336 e. The summed E-state index contributed by atoms with van der Waals surface area (Å²) in [6.07, 6.45) is 3.31. The Balaban J connectivity index is 1.93. The summed E-state index contributed by atoms with van der Waals surface area (Å²) >= 11 is 5.72. The molecule has 1 fully saturated rings. The Morgan fingerprint density at radius 3 is 3.05 bits per heavy atom. The number of carbonyl (C=O) groups excluding carboxylic acids is 2. The van der Waals surface area contributed by atoms with Crippen molar-refractivity contribution in [2.45, 2.75) is 25.8 Å². The minimum atomic E-state index is -0.266. The SMILES string of the molecule is CCC[C@H]1CNC(=O)N1CC(=O)Nc1ccc(Cl)cn1. The number of carbonyl (C=O) groups is 2. The van der Waals surface area contributed by atoms with E-state index in [1.165, 1.54) is 6.20 Å². The number of nitrogens with zero attached hydrogens (tertiary/aromatic N) is 2. The van der Waals surface area contributed by atoms with E-state index in [0.29, 0.717) is 17.4 Å². The summed E-state index contributed by atoms with van der Waals surface area (Å²) in [5.41, 5.74) is 0. The second kappa shape index (κ2) is 6.56. The van der Waals surface area contributed by atoms with Crippen molar-refractivity contribution in [1.82, 2.24) is 15.2 Å². The van der Waals surface area contributed by atoms with Crippen LogP contribution in [0.3, 0.4) is 0 Å². The standard InChI is InChI=1S/C13H17ClN4O2/c1-2-3-10-7-16-13(20)18(10)8-12(19)17-11-5-4-9(14)6-15-11/h4-6,10H,2-3,7-8H2,1H3,(H,16,20)(H,15,17,19)/t10-/m0/s1. The summed E-state index contributed by atoms with van der Waals surface area (Å²) < 4.78 is 0. The Bertz CT molecular complexity index is 492. The van der Waals surface area contributed by atoms with Crippen LogP contribution in [0.2, 0.25) is 5.02 Å². The van der Waals surface area contributed by atoms with E-state index in [1.54, 1.807) is 17.0 Å². The van der Waals surface area contributed by atoms with Gasteiger partial charge >= 0.3 is 6.03 Å². The lowest BCUT2D eigenvalue weighted by molar-refractivity contribution is -0.117. The summed E-state index contributed by atoms with van der Waals surface area (Å²) in [4.78, 5) is 29.2. The highest BCUT2D eigenvalue weighted by atomic mass is 35.5. The zero-order chi connectivity index (χ0) is 14.5. The third-order valence-corrected chi connectivity index (χ3v) is 3.34. The van der Waals surface area contributed by atoms with Gasteiger partial charge in [-0.1, -0.05) is 24.9 Å². The molecule has 6 nitrogen and oxygen atoms in total. The predicted octanol–water partition coefficient (Wildman–Crippen LogP) is 1.87. The predicted molar refractivity (Wildman–Crippen MR) is 76.7 cm³/mol. The van der Waals surface area contributed by atoms with Gasteiger partial charge in [-0.3, -0.25) is 4.79 Å². The Kier molecular flexibility index (Phi) is 4.79. The largest absolute Gasteiger partial charge is 0.336 e. The lowest BCUT2D eigenvalue weighted by Crippen LogP contribution is -2.40. The van der Waals surface area contributed by atoms with Gasteiger partial charge in [0.25, 0.3) is 0 Å². The van der Waals surface area contributed by atoms with Crippen LogP contribution in [0.1, 0.15) is 19.8 Å². The van der Waals surface area contributed by atoms with Gasteiger partial charge < -0.3 is 15.5 Å². The van der Waals surface area contributed by atoms with E-state index in [2.05, 4.69) is 22.5 Å². The van der Waals surface area contributed by atoms with E-state index in [1.807, 2.05) is 0 Å². The average molecular weight is 297 g/mol. The molecule has 2 rings (SSSR count). The molecular weight excluding hydrogens is 280 g/mol. The van der Waals surface area contributed by atoms with Crippen molar-refractivity contribution in [3.8, 4) is 0 Å². The van der Waals surface area contributed by atoms with Gasteiger partial charge in [0.1, 0.15) is 12.4 Å². The van der Waals surface area contributed by atoms with E-state index >= 15 is 0 Å². The maximum Gasteiger partial charge on any atom is 0.318 e. The maximum atomic E-state index is 11.9. The molecular formula is C13H17ClN4O2. The second-order valence-electron chi connectivity index (χ2n) is 4.67. The van der Waals surface area contributed by atoms with Gasteiger partial charge in [-0.25, -0.2) is 9.78 Å². The molecule has 0 radical (unpaired) electrons. The second-order valence-corrected chi connectivity index (χ2v) is 5.10. The van der Waals surface area contributed by atoms with Crippen molar-refractivity contribution in [3.05, 3.63) is 23.4 Å². The zero-order valence-electron chi connectivity index (χ0n) is 11.2. The molecule has 0 saturated carbocycles. The highest BCUT2D eigenvalue weighted by molar-refractivity contribution is 6.30. The molecule has 1 aliphatic heterocycles. The van der Waals surface area contributed by atoms with Gasteiger partial charge in [0, 0.05) is 12.7 Å². The minimum absolute atomic E-state index is 0.0286. The molecule has 0 unspecified atom stereocenters. The maximum absolute atomic E-state index is 11.9. The van der Waals surface area contributed by atoms with Crippen LogP contribution in [-0.2, 0) is 4.79 Å². The van der Waals surface area contributed by atoms with Crippen LogP contribution in [0.4, 0.5) is 10.6 Å². The van der Waals surface area contributed by atoms with E-state index in [9.17, 15) is 9.59 Å². The number of amides is 3. The number of aromatic nitrogens is 1. The normalized spacial score (nSPS) is 18.0. The third kappa shape index (κ3) is 3.60. The first-order chi connectivity index (χ1) is 9.60. The van der Waals surface area contributed by atoms with Gasteiger partial charge in [-0.2, -0.15) is 0 Å². The van der Waals surface area contributed by atoms with Gasteiger partial charge in [0.2, 0.25) is 5.91 Å². The lowest BCUT2D eigenvalue weighted by Gasteiger charge is -2.21. The van der Waals surface area contributed by atoms with Crippen LogP contribution in [0, 0.1) is 0 Å². The number of hydrogen-bond donors (Lipinski definition) is 2. The monoisotopic (exact) mass is 296 g/mol. The molecule has 1 aromatic heterocycles. The molecule has 0 bridgehead atoms. The van der Waals surface area contributed by atoms with Gasteiger partial charge in [-0.05, 0) is 18.6 Å². The fourth-order valence-electron chi connectivity index (χ4n) is 2.16. The number of urea groups is 1. The molecule has 0 aromatic carbocycles. The van der Waals surface area contributed by atoms with Crippen molar-refractivity contribution in [2.75, 3.05) is 18.4 Å². The van der Waals surface area contributed by atoms with Crippen LogP contribution in [-0.4, -0.2) is 41.0 Å². The van der Waals surface area contributed by atoms with Crippen LogP contribution in [0.25, 0.3) is 0 Å². The Labute approximate surface area is 122 Å². The molecule has 0 spiro atoms. The van der Waals surface area contributed by atoms with Crippen LogP contribution in [0.5, 0.6) is 0 Å². The summed E-state index contributed by atoms with van der Waals surface area (Å²) in [7, 11) is 0. The molecule has 20 heavy (non-hydrogen) atoms. The quantitative estimate of drug-likeness (QED) is 0.871. The fraction of sp³-hybridized carbons (Fsp3) is 0.462. The van der Waals surface area contributed by atoms with Crippen molar-refractivity contribution in [1.29, 1.82) is 0 Å². The van der Waals surface area contributed by atoms with Crippen molar-refractivity contribution in [3.63, 3.8) is 0 Å². The van der Waals surface area contributed by atoms with Crippen LogP contribution < -0.4 is 10.6 Å². The summed E-state index contributed by atoms with van der Waals surface area (Å²) in [5.74, 6) is 0.157. The van der Waals surface area contributed by atoms with Gasteiger partial charge in [-0.15, -0.1) is 0 Å². The number of pyridine rings is 1. The molecule has 2 N–H and O–H groups in total. The van der Waals surface area contributed by atoms with Crippen molar-refractivity contribution in [2.24, 2.45) is 0 Å². The summed E-state index contributed by atoms with van der Waals surface area (Å²) in [5, 5.41) is 5.91. The van der Waals surface area contributed by atoms with Gasteiger partial charge in [0.05, 0.1) is 11.1 Å².